The van der Waals surface area contributed by atoms with E-state index in [1.165, 1.54) is 0 Å². The minimum Gasteiger partial charge on any atom is -0.394 e. The summed E-state index contributed by atoms with van der Waals surface area (Å²) in [4.78, 5) is 6.59. The number of anilines is 2. The lowest BCUT2D eigenvalue weighted by atomic mass is 10.5. The first-order valence-electron chi connectivity index (χ1n) is 2.23. The normalized spacial score (nSPS) is 9.44. The second-order valence-electron chi connectivity index (χ2n) is 1.47. The van der Waals surface area contributed by atoms with Crippen LogP contribution in [-0.4, -0.2) is 9.97 Å². The van der Waals surface area contributed by atoms with Crippen molar-refractivity contribution in [2.45, 2.75) is 0 Å². The summed E-state index contributed by atoms with van der Waals surface area (Å²) in [6.45, 7) is 0. The van der Waals surface area contributed by atoms with E-state index < -0.39 is 5.95 Å². The van der Waals surface area contributed by atoms with E-state index in [0.29, 0.717) is 0 Å². The minimum atomic E-state index is -0.775. The van der Waals surface area contributed by atoms with Crippen LogP contribution < -0.4 is 11.5 Å². The number of rotatable bonds is 0. The van der Waals surface area contributed by atoms with Crippen molar-refractivity contribution in [2.24, 2.45) is 0 Å². The molecule has 0 amide bonds. The lowest BCUT2D eigenvalue weighted by Crippen LogP contribution is -2.00. The summed E-state index contributed by atoms with van der Waals surface area (Å²) in [5.74, 6) is -0.885. The molecule has 0 atom stereocenters. The Morgan fingerprint density at radius 2 is 2.11 bits per heavy atom. The van der Waals surface area contributed by atoms with Gasteiger partial charge >= 0.3 is 0 Å². The SMILES string of the molecule is Nc1ncc(N)c(F)n1. The zero-order valence-electron chi connectivity index (χ0n) is 4.50. The van der Waals surface area contributed by atoms with Gasteiger partial charge in [-0.2, -0.15) is 9.37 Å². The van der Waals surface area contributed by atoms with Gasteiger partial charge in [0, 0.05) is 0 Å². The first-order chi connectivity index (χ1) is 4.20. The zero-order valence-corrected chi connectivity index (χ0v) is 4.50. The fraction of sp³-hybridized carbons (Fsp3) is 0. The second-order valence-corrected chi connectivity index (χ2v) is 1.47. The zero-order chi connectivity index (χ0) is 6.85. The number of hydrogen-bond acceptors (Lipinski definition) is 4. The molecule has 4 nitrogen and oxygen atoms in total. The molecule has 1 heterocycles. The number of hydrogen-bond donors (Lipinski definition) is 2. The van der Waals surface area contributed by atoms with Crippen LogP contribution in [0.25, 0.3) is 0 Å². The molecule has 0 spiro atoms. The molecule has 4 N–H and O–H groups in total. The van der Waals surface area contributed by atoms with Crippen molar-refractivity contribution < 1.29 is 4.39 Å². The predicted molar refractivity (Wildman–Crippen MR) is 30.8 cm³/mol. The Morgan fingerprint density at radius 3 is 2.56 bits per heavy atom. The van der Waals surface area contributed by atoms with Gasteiger partial charge in [-0.15, -0.1) is 0 Å². The van der Waals surface area contributed by atoms with Crippen molar-refractivity contribution in [2.75, 3.05) is 11.5 Å². The van der Waals surface area contributed by atoms with E-state index in [-0.39, 0.29) is 11.6 Å². The molecular formula is C4H5FN4. The van der Waals surface area contributed by atoms with Crippen LogP contribution in [0.4, 0.5) is 16.0 Å². The van der Waals surface area contributed by atoms with Crippen LogP contribution >= 0.6 is 0 Å². The molecule has 0 aromatic carbocycles. The van der Waals surface area contributed by atoms with Gasteiger partial charge in [0.15, 0.2) is 0 Å². The van der Waals surface area contributed by atoms with Crippen molar-refractivity contribution in [3.05, 3.63) is 12.1 Å². The smallest absolute Gasteiger partial charge is 0.240 e. The molecule has 0 aliphatic carbocycles. The van der Waals surface area contributed by atoms with Crippen molar-refractivity contribution in [1.29, 1.82) is 0 Å². The number of halogens is 1. The lowest BCUT2D eigenvalue weighted by Gasteiger charge is -1.92. The van der Waals surface area contributed by atoms with Crippen LogP contribution in [0.2, 0.25) is 0 Å². The number of nitrogens with zero attached hydrogens (tertiary/aromatic N) is 2. The topological polar surface area (TPSA) is 77.8 Å². The molecule has 1 aromatic rings. The van der Waals surface area contributed by atoms with Crippen LogP contribution in [0.1, 0.15) is 0 Å². The molecule has 0 fully saturated rings. The third-order valence-corrected chi connectivity index (χ3v) is 0.787. The van der Waals surface area contributed by atoms with Crippen molar-refractivity contribution in [3.8, 4) is 0 Å². The summed E-state index contributed by atoms with van der Waals surface area (Å²) < 4.78 is 12.2. The van der Waals surface area contributed by atoms with E-state index in [1.54, 1.807) is 0 Å². The Balaban J connectivity index is 3.17. The fourth-order valence-electron chi connectivity index (χ4n) is 0.383. The summed E-state index contributed by atoms with van der Waals surface area (Å²) in [5, 5.41) is 0. The molecule has 5 heteroatoms. The highest BCUT2D eigenvalue weighted by Crippen LogP contribution is 2.03. The lowest BCUT2D eigenvalue weighted by molar-refractivity contribution is 0.587. The van der Waals surface area contributed by atoms with Crippen LogP contribution in [0.5, 0.6) is 0 Å². The molecule has 9 heavy (non-hydrogen) atoms. The van der Waals surface area contributed by atoms with Crippen LogP contribution in [0.3, 0.4) is 0 Å². The van der Waals surface area contributed by atoms with Gasteiger partial charge in [0.25, 0.3) is 0 Å². The summed E-state index contributed by atoms with van der Waals surface area (Å²) in [7, 11) is 0. The molecule has 1 aromatic heterocycles. The Labute approximate surface area is 50.7 Å². The largest absolute Gasteiger partial charge is 0.394 e. The molecule has 0 aliphatic heterocycles. The average molecular weight is 128 g/mol. The number of aromatic nitrogens is 2. The Kier molecular flexibility index (Phi) is 1.18. The van der Waals surface area contributed by atoms with E-state index in [0.717, 1.165) is 6.20 Å². The molecule has 0 bridgehead atoms. The van der Waals surface area contributed by atoms with Gasteiger partial charge in [-0.3, -0.25) is 0 Å². The average Bonchev–Trinajstić information content (AvgIpc) is 1.80. The number of nitrogen functional groups attached to an aromatic ring is 2. The molecule has 0 saturated carbocycles. The summed E-state index contributed by atoms with van der Waals surface area (Å²) in [6, 6.07) is 0. The minimum absolute atomic E-state index is 0.0933. The maximum Gasteiger partial charge on any atom is 0.240 e. The first-order valence-corrected chi connectivity index (χ1v) is 2.23. The molecule has 0 unspecified atom stereocenters. The third-order valence-electron chi connectivity index (χ3n) is 0.787. The second kappa shape index (κ2) is 1.85. The van der Waals surface area contributed by atoms with Crippen LogP contribution in [0.15, 0.2) is 6.20 Å². The van der Waals surface area contributed by atoms with E-state index >= 15 is 0 Å². The Bertz CT molecular complexity index is 224. The van der Waals surface area contributed by atoms with E-state index in [9.17, 15) is 4.39 Å². The third kappa shape index (κ3) is 1.04. The van der Waals surface area contributed by atoms with Crippen LogP contribution in [-0.2, 0) is 0 Å². The van der Waals surface area contributed by atoms with Gasteiger partial charge in [0.2, 0.25) is 11.9 Å². The standard InChI is InChI=1S/C4H5FN4/c5-3-2(6)1-8-4(7)9-3/h1H,6H2,(H2,7,8,9). The molecule has 48 valence electrons. The maximum absolute atomic E-state index is 12.2. The Hall–Kier alpha value is -1.39. The summed E-state index contributed by atoms with van der Waals surface area (Å²) in [5.41, 5.74) is 9.95. The maximum atomic E-state index is 12.2. The van der Waals surface area contributed by atoms with Crippen LogP contribution in [0, 0.1) is 5.95 Å². The van der Waals surface area contributed by atoms with Crippen molar-refractivity contribution in [1.82, 2.24) is 9.97 Å². The molecule has 1 rings (SSSR count). The van der Waals surface area contributed by atoms with Gasteiger partial charge < -0.3 is 11.5 Å². The summed E-state index contributed by atoms with van der Waals surface area (Å²) >= 11 is 0. The summed E-state index contributed by atoms with van der Waals surface area (Å²) in [6.07, 6.45) is 1.12. The van der Waals surface area contributed by atoms with Gasteiger partial charge in [-0.1, -0.05) is 0 Å². The molecule has 0 aliphatic rings. The fourth-order valence-corrected chi connectivity index (χ4v) is 0.383. The highest BCUT2D eigenvalue weighted by atomic mass is 19.1. The van der Waals surface area contributed by atoms with Crippen molar-refractivity contribution in [3.63, 3.8) is 0 Å². The molecule has 0 saturated heterocycles. The van der Waals surface area contributed by atoms with Gasteiger partial charge in [0.05, 0.1) is 6.20 Å². The van der Waals surface area contributed by atoms with E-state index in [2.05, 4.69) is 9.97 Å². The van der Waals surface area contributed by atoms with Gasteiger partial charge in [0.1, 0.15) is 5.69 Å². The first kappa shape index (κ1) is 5.74. The van der Waals surface area contributed by atoms with E-state index in [4.69, 9.17) is 11.5 Å². The van der Waals surface area contributed by atoms with Crippen molar-refractivity contribution >= 4 is 11.6 Å². The molecule has 0 radical (unpaired) electrons. The highest BCUT2D eigenvalue weighted by Gasteiger charge is 1.97. The van der Waals surface area contributed by atoms with Gasteiger partial charge in [-0.05, 0) is 0 Å². The van der Waals surface area contributed by atoms with E-state index in [1.807, 2.05) is 0 Å². The highest BCUT2D eigenvalue weighted by molar-refractivity contribution is 5.35. The monoisotopic (exact) mass is 128 g/mol. The number of nitrogens with two attached hydrogens (primary N) is 2. The van der Waals surface area contributed by atoms with Gasteiger partial charge in [-0.25, -0.2) is 4.98 Å². The molecular weight excluding hydrogens is 123 g/mol. The predicted octanol–water partition coefficient (Wildman–Crippen LogP) is -0.220. The quantitative estimate of drug-likeness (QED) is 0.473. The Morgan fingerprint density at radius 1 is 1.44 bits per heavy atom.